The molecule has 0 bridgehead atoms. The molecule has 0 radical (unpaired) electrons. The van der Waals surface area contributed by atoms with Gasteiger partial charge in [-0.3, -0.25) is 0 Å². The van der Waals surface area contributed by atoms with Crippen LogP contribution in [0.4, 0.5) is 0 Å². The molecule has 0 unspecified atom stereocenters. The Hall–Kier alpha value is 1.99. The van der Waals surface area contributed by atoms with E-state index in [1.165, 1.54) is 6.92 Å². The zero-order valence-electron chi connectivity index (χ0n) is 2.69. The van der Waals surface area contributed by atoms with Crippen molar-refractivity contribution in [3.8, 4) is 0 Å². The van der Waals surface area contributed by atoms with Crippen LogP contribution in [0.5, 0.6) is 0 Å². The van der Waals surface area contributed by atoms with Crippen molar-refractivity contribution < 1.29 is 25.0 Å². The molecule has 2 nitrogen and oxygen atoms in total. The fraction of sp³-hybridized carbons (Fsp3) is 0.500. The summed E-state index contributed by atoms with van der Waals surface area (Å²) in [5.74, 6) is -0.329. The summed E-state index contributed by atoms with van der Waals surface area (Å²) in [5.41, 5.74) is 0. The number of carbonyl (C=O) groups excluding carboxylic acids is 1. The van der Waals surface area contributed by atoms with E-state index in [1.807, 2.05) is 0 Å². The van der Waals surface area contributed by atoms with Gasteiger partial charge >= 0.3 is 97.0 Å². The zero-order valence-corrected chi connectivity index (χ0v) is 3.87. The van der Waals surface area contributed by atoms with E-state index in [2.05, 4.69) is 20.2 Å². The zero-order chi connectivity index (χ0) is 4.28. The van der Waals surface area contributed by atoms with Gasteiger partial charge in [0.25, 0.3) is 0 Å². The SMILES string of the molecule is CC(=O)[O][Mn].[NaH].[NaH]. The van der Waals surface area contributed by atoms with Crippen LogP contribution in [0.15, 0.2) is 0 Å². The van der Waals surface area contributed by atoms with Crippen LogP contribution >= 0.6 is 0 Å². The van der Waals surface area contributed by atoms with E-state index in [0.717, 1.165) is 0 Å². The van der Waals surface area contributed by atoms with Gasteiger partial charge in [-0.05, 0) is 0 Å². The van der Waals surface area contributed by atoms with E-state index in [0.29, 0.717) is 0 Å². The van der Waals surface area contributed by atoms with E-state index < -0.39 is 0 Å². The van der Waals surface area contributed by atoms with Crippen LogP contribution in [0.1, 0.15) is 6.92 Å². The fourth-order valence-corrected chi connectivity index (χ4v) is 0. The Morgan fingerprint density at radius 1 is 1.57 bits per heavy atom. The van der Waals surface area contributed by atoms with Gasteiger partial charge in [0.05, 0.1) is 0 Å². The fourth-order valence-electron chi connectivity index (χ4n) is 0. The van der Waals surface area contributed by atoms with Gasteiger partial charge < -0.3 is 0 Å². The van der Waals surface area contributed by atoms with Gasteiger partial charge in [0.15, 0.2) is 0 Å². The maximum absolute atomic E-state index is 9.54. The van der Waals surface area contributed by atoms with Gasteiger partial charge in [-0.1, -0.05) is 0 Å². The second-order valence-corrected chi connectivity index (χ2v) is 0.810. The van der Waals surface area contributed by atoms with Gasteiger partial charge in [0, 0.05) is 0 Å². The van der Waals surface area contributed by atoms with E-state index in [4.69, 9.17) is 0 Å². The summed E-state index contributed by atoms with van der Waals surface area (Å²) in [6.07, 6.45) is 0. The number of hydrogen-bond donors (Lipinski definition) is 0. The molecule has 7 heavy (non-hydrogen) atoms. The summed E-state index contributed by atoms with van der Waals surface area (Å²) < 4.78 is 3.92. The van der Waals surface area contributed by atoms with E-state index >= 15 is 0 Å². The Morgan fingerprint density at radius 2 is 1.71 bits per heavy atom. The number of rotatable bonds is 0. The normalized spacial score (nSPS) is 4.86. The Balaban J connectivity index is -0.0000000800. The maximum atomic E-state index is 9.54. The van der Waals surface area contributed by atoms with Gasteiger partial charge in [-0.25, -0.2) is 0 Å². The Bertz CT molecular complexity index is 49.0. The molecule has 0 fully saturated rings. The van der Waals surface area contributed by atoms with Crippen LogP contribution in [0.2, 0.25) is 0 Å². The molecular weight excluding hydrogens is 157 g/mol. The van der Waals surface area contributed by atoms with Crippen LogP contribution in [0.3, 0.4) is 0 Å². The van der Waals surface area contributed by atoms with E-state index in [-0.39, 0.29) is 65.1 Å². The molecule has 5 heteroatoms. The molecule has 0 aromatic rings. The van der Waals surface area contributed by atoms with E-state index in [1.54, 1.807) is 0 Å². The van der Waals surface area contributed by atoms with Crippen molar-refractivity contribution >= 4 is 65.1 Å². The summed E-state index contributed by atoms with van der Waals surface area (Å²) in [7, 11) is 0. The third-order valence-corrected chi connectivity index (χ3v) is 0.448. The third-order valence-electron chi connectivity index (χ3n) is 0.109. The standard InChI is InChI=1S/C2H4O2.Mn.2Na.2H/c1-2(3)4;;;;;/h1H3,(H,3,4);;;;;/q;+1;;;;/p-1. The second-order valence-electron chi connectivity index (χ2n) is 0.569. The first-order valence-electron chi connectivity index (χ1n) is 1.06. The monoisotopic (exact) mass is 162 g/mol. The topological polar surface area (TPSA) is 26.3 Å². The number of hydrogen-bond acceptors (Lipinski definition) is 2. The minimum absolute atomic E-state index is 0. The molecule has 0 aromatic carbocycles. The first-order valence-corrected chi connectivity index (χ1v) is 1.54. The van der Waals surface area contributed by atoms with Crippen molar-refractivity contribution in [2.75, 3.05) is 0 Å². The van der Waals surface area contributed by atoms with Crippen LogP contribution in [-0.4, -0.2) is 65.1 Å². The first kappa shape index (κ1) is 16.0. The molecule has 34 valence electrons. The van der Waals surface area contributed by atoms with Crippen molar-refractivity contribution in [2.24, 2.45) is 0 Å². The quantitative estimate of drug-likeness (QED) is 0.414. The van der Waals surface area contributed by atoms with Gasteiger partial charge in [0.1, 0.15) is 0 Å². The molecule has 0 aromatic heterocycles. The van der Waals surface area contributed by atoms with Gasteiger partial charge in [-0.2, -0.15) is 0 Å². The summed E-state index contributed by atoms with van der Waals surface area (Å²) in [6, 6.07) is 0. The van der Waals surface area contributed by atoms with Crippen LogP contribution in [0, 0.1) is 0 Å². The molecule has 0 aliphatic heterocycles. The molecule has 0 heterocycles. The molecule has 0 saturated heterocycles. The van der Waals surface area contributed by atoms with Crippen molar-refractivity contribution in [3.05, 3.63) is 0 Å². The second kappa shape index (κ2) is 10.9. The third kappa shape index (κ3) is 18.0. The molecule has 0 amide bonds. The average Bonchev–Trinajstić information content (AvgIpc) is 1.38. The Morgan fingerprint density at radius 3 is 1.71 bits per heavy atom. The summed E-state index contributed by atoms with van der Waals surface area (Å²) >= 11 is 2.46. The molecule has 0 saturated carbocycles. The molecule has 0 rings (SSSR count). The van der Waals surface area contributed by atoms with Crippen LogP contribution in [-0.2, 0) is 25.0 Å². The summed E-state index contributed by atoms with van der Waals surface area (Å²) in [6.45, 7) is 1.31. The molecular formula is C2H5MnNa2O2. The molecule has 0 atom stereocenters. The average molecular weight is 162 g/mol. The molecule has 0 N–H and O–H groups in total. The Kier molecular flexibility index (Phi) is 24.9. The van der Waals surface area contributed by atoms with Crippen molar-refractivity contribution in [1.82, 2.24) is 0 Å². The van der Waals surface area contributed by atoms with E-state index in [9.17, 15) is 4.79 Å². The van der Waals surface area contributed by atoms with Crippen molar-refractivity contribution in [3.63, 3.8) is 0 Å². The Labute approximate surface area is 95.5 Å². The summed E-state index contributed by atoms with van der Waals surface area (Å²) in [4.78, 5) is 9.54. The van der Waals surface area contributed by atoms with Gasteiger partial charge in [-0.15, -0.1) is 0 Å². The molecule has 0 spiro atoms. The summed E-state index contributed by atoms with van der Waals surface area (Å²) in [5, 5.41) is 0. The number of carbonyl (C=O) groups is 1. The predicted octanol–water partition coefficient (Wildman–Crippen LogP) is -1.29. The minimum atomic E-state index is -0.329. The van der Waals surface area contributed by atoms with Crippen LogP contribution < -0.4 is 0 Å². The predicted molar refractivity (Wildman–Crippen MR) is 26.1 cm³/mol. The molecule has 0 aliphatic carbocycles. The first-order chi connectivity index (χ1) is 2.27. The van der Waals surface area contributed by atoms with Crippen molar-refractivity contribution in [1.29, 1.82) is 0 Å². The van der Waals surface area contributed by atoms with Gasteiger partial charge in [0.2, 0.25) is 0 Å². The van der Waals surface area contributed by atoms with Crippen molar-refractivity contribution in [2.45, 2.75) is 6.92 Å². The van der Waals surface area contributed by atoms with Crippen LogP contribution in [0.25, 0.3) is 0 Å². The molecule has 0 aliphatic rings.